The largest absolute Gasteiger partial charge is 0.381 e. The van der Waals surface area contributed by atoms with Crippen LogP contribution in [0.5, 0.6) is 0 Å². The van der Waals surface area contributed by atoms with Gasteiger partial charge in [0.05, 0.1) is 12.1 Å². The summed E-state index contributed by atoms with van der Waals surface area (Å²) in [6.07, 6.45) is 2.65. The lowest BCUT2D eigenvalue weighted by Gasteiger charge is -1.90. The lowest BCUT2D eigenvalue weighted by molar-refractivity contribution is -0.193. The van der Waals surface area contributed by atoms with E-state index < -0.39 is 0 Å². The lowest BCUT2D eigenvalue weighted by atomic mass is 10.2. The normalized spacial score (nSPS) is 6.91. The van der Waals surface area contributed by atoms with E-state index in [0.717, 1.165) is 12.8 Å². The summed E-state index contributed by atoms with van der Waals surface area (Å²) in [5.74, 6) is 0. The number of hydrogen-bond donors (Lipinski definition) is 1. The highest BCUT2D eigenvalue weighted by Gasteiger charge is 2.05. The number of aliphatic hydroxyl groups is 1. The van der Waals surface area contributed by atoms with E-state index in [1.165, 1.54) is 6.07 Å². The van der Waals surface area contributed by atoms with Crippen molar-refractivity contribution in [1.29, 1.82) is 10.5 Å². The fourth-order valence-electron chi connectivity index (χ4n) is 0.498. The number of hydrogen-bond acceptors (Lipinski definition) is 7. The SMILES string of the molecule is N#CCO.O=C=O.O=C=O.[C-]#[N+]C(CC)CC#N.[C-]#[N+]CCC. The third-order valence-electron chi connectivity index (χ3n) is 1.39. The Morgan fingerprint density at radius 1 is 1.04 bits per heavy atom. The molecule has 1 atom stereocenters. The van der Waals surface area contributed by atoms with Crippen molar-refractivity contribution in [2.75, 3.05) is 13.2 Å². The molecule has 0 aromatic rings. The molecule has 9 nitrogen and oxygen atoms in total. The first-order valence-corrected chi connectivity index (χ1v) is 6.04. The predicted octanol–water partition coefficient (Wildman–Crippen LogP) is 1.25. The van der Waals surface area contributed by atoms with Crippen molar-refractivity contribution in [2.24, 2.45) is 0 Å². The topological polar surface area (TPSA) is 145 Å². The minimum atomic E-state index is -0.375. The summed E-state index contributed by atoms with van der Waals surface area (Å²) in [7, 11) is 0. The molecule has 9 heteroatoms. The Morgan fingerprint density at radius 3 is 1.48 bits per heavy atom. The minimum Gasteiger partial charge on any atom is -0.381 e. The second-order valence-corrected chi connectivity index (χ2v) is 2.92. The van der Waals surface area contributed by atoms with Crippen LogP contribution in [-0.2, 0) is 19.2 Å². The summed E-state index contributed by atoms with van der Waals surface area (Å²) in [6.45, 7) is 17.0. The summed E-state index contributed by atoms with van der Waals surface area (Å²) < 4.78 is 0. The second kappa shape index (κ2) is 51.2. The number of nitriles is 2. The van der Waals surface area contributed by atoms with E-state index >= 15 is 0 Å². The Bertz CT molecular complexity index is 442. The van der Waals surface area contributed by atoms with Gasteiger partial charge in [0, 0.05) is 12.8 Å². The van der Waals surface area contributed by atoms with E-state index in [1.807, 2.05) is 19.9 Å². The van der Waals surface area contributed by atoms with Gasteiger partial charge in [0.2, 0.25) is 12.6 Å². The number of carbonyl (C=O) groups excluding carboxylic acids is 4. The molecule has 0 amide bonds. The molecule has 0 aromatic carbocycles. The molecule has 0 radical (unpaired) electrons. The van der Waals surface area contributed by atoms with Crippen molar-refractivity contribution in [3.05, 3.63) is 22.8 Å². The first-order valence-electron chi connectivity index (χ1n) is 6.04. The molecule has 0 saturated heterocycles. The van der Waals surface area contributed by atoms with Crippen molar-refractivity contribution in [3.63, 3.8) is 0 Å². The van der Waals surface area contributed by atoms with Crippen LogP contribution in [0.15, 0.2) is 0 Å². The van der Waals surface area contributed by atoms with Gasteiger partial charge in [0.25, 0.3) is 0 Å². The Balaban J connectivity index is -0.0000000628. The van der Waals surface area contributed by atoms with Gasteiger partial charge in [-0.3, -0.25) is 0 Å². The summed E-state index contributed by atoms with van der Waals surface area (Å²) >= 11 is 0. The zero-order valence-corrected chi connectivity index (χ0v) is 13.0. The smallest absolute Gasteiger partial charge is 0.373 e. The molecule has 0 fully saturated rings. The average Bonchev–Trinajstić information content (AvgIpc) is 2.55. The number of rotatable bonds is 3. The molecule has 0 bridgehead atoms. The van der Waals surface area contributed by atoms with Crippen LogP contribution < -0.4 is 0 Å². The Kier molecular flexibility index (Phi) is 70.9. The summed E-state index contributed by atoms with van der Waals surface area (Å²) in [5, 5.41) is 23.0. The second-order valence-electron chi connectivity index (χ2n) is 2.92. The van der Waals surface area contributed by atoms with E-state index in [9.17, 15) is 0 Å². The maximum Gasteiger partial charge on any atom is 0.373 e. The molecule has 0 aliphatic heterocycles. The van der Waals surface area contributed by atoms with Crippen molar-refractivity contribution >= 4 is 12.3 Å². The van der Waals surface area contributed by atoms with Crippen LogP contribution in [0.1, 0.15) is 33.1 Å². The highest BCUT2D eigenvalue weighted by Crippen LogP contribution is 1.99. The number of nitrogens with zero attached hydrogens (tertiary/aromatic N) is 4. The van der Waals surface area contributed by atoms with E-state index in [4.69, 9.17) is 48.0 Å². The molecule has 0 spiro atoms. The zero-order chi connectivity index (χ0) is 19.4. The summed E-state index contributed by atoms with van der Waals surface area (Å²) in [4.78, 5) is 38.8. The van der Waals surface area contributed by atoms with E-state index in [-0.39, 0.29) is 25.0 Å². The van der Waals surface area contributed by atoms with Gasteiger partial charge in [0.15, 0.2) is 0 Å². The van der Waals surface area contributed by atoms with Crippen molar-refractivity contribution in [3.8, 4) is 12.1 Å². The van der Waals surface area contributed by atoms with Crippen LogP contribution in [0.3, 0.4) is 0 Å². The molecular weight excluding hydrogens is 304 g/mol. The molecule has 0 heterocycles. The van der Waals surface area contributed by atoms with Crippen LogP contribution in [0, 0.1) is 35.8 Å². The molecule has 23 heavy (non-hydrogen) atoms. The van der Waals surface area contributed by atoms with Crippen molar-refractivity contribution in [1.82, 2.24) is 0 Å². The zero-order valence-electron chi connectivity index (χ0n) is 13.0. The first-order chi connectivity index (χ1) is 11.0. The molecule has 0 aromatic heterocycles. The van der Waals surface area contributed by atoms with Gasteiger partial charge in [-0.1, -0.05) is 13.8 Å². The average molecular weight is 322 g/mol. The number of aliphatic hydroxyl groups excluding tert-OH is 1. The summed E-state index contributed by atoms with van der Waals surface area (Å²) in [6, 6.07) is 3.37. The third kappa shape index (κ3) is 116. The quantitative estimate of drug-likeness (QED) is 0.607. The minimum absolute atomic E-state index is 0.0694. The van der Waals surface area contributed by atoms with E-state index in [1.54, 1.807) is 0 Å². The Hall–Kier alpha value is -3.32. The third-order valence-corrected chi connectivity index (χ3v) is 1.39. The lowest BCUT2D eigenvalue weighted by Crippen LogP contribution is -1.95. The molecule has 0 aliphatic rings. The predicted molar refractivity (Wildman–Crippen MR) is 75.4 cm³/mol. The van der Waals surface area contributed by atoms with Crippen LogP contribution in [-0.4, -0.2) is 36.6 Å². The Morgan fingerprint density at radius 2 is 1.43 bits per heavy atom. The molecule has 1 unspecified atom stereocenters. The molecule has 0 aliphatic carbocycles. The van der Waals surface area contributed by atoms with Gasteiger partial charge in [-0.15, -0.1) is 0 Å². The first kappa shape index (κ1) is 31.9. The highest BCUT2D eigenvalue weighted by molar-refractivity contribution is 5.20. The molecular formula is C14H18N4O5. The van der Waals surface area contributed by atoms with E-state index in [2.05, 4.69) is 9.69 Å². The van der Waals surface area contributed by atoms with Gasteiger partial charge in [0.1, 0.15) is 13.0 Å². The fourth-order valence-corrected chi connectivity index (χ4v) is 0.498. The Labute approximate surface area is 135 Å². The molecule has 0 rings (SSSR count). The monoisotopic (exact) mass is 322 g/mol. The van der Waals surface area contributed by atoms with E-state index in [0.29, 0.717) is 13.0 Å². The van der Waals surface area contributed by atoms with Crippen LogP contribution in [0.4, 0.5) is 0 Å². The molecule has 1 N–H and O–H groups in total. The van der Waals surface area contributed by atoms with Crippen LogP contribution in [0.2, 0.25) is 0 Å². The maximum absolute atomic E-state index is 8.12. The standard InChI is InChI=1S/C6H8N2.C4H7N.C2H3NO.2CO2/c1-3-6(8-2)4-5-7;1-3-4-5-2;3-1-2-4;2*2-1-3/h6H,3-4H2,1H3;3-4H2,1H3;4H,2H2;;. The highest BCUT2D eigenvalue weighted by atomic mass is 16.3. The summed E-state index contributed by atoms with van der Waals surface area (Å²) in [5.41, 5.74) is 0. The maximum atomic E-state index is 8.12. The van der Waals surface area contributed by atoms with Gasteiger partial charge >= 0.3 is 12.3 Å². The van der Waals surface area contributed by atoms with Gasteiger partial charge in [-0.05, 0) is 0 Å². The van der Waals surface area contributed by atoms with Crippen LogP contribution in [0.25, 0.3) is 9.69 Å². The molecule has 0 saturated carbocycles. The van der Waals surface area contributed by atoms with Gasteiger partial charge in [-0.25, -0.2) is 13.1 Å². The fraction of sp³-hybridized carbons (Fsp3) is 0.571. The van der Waals surface area contributed by atoms with Crippen molar-refractivity contribution in [2.45, 2.75) is 39.2 Å². The van der Waals surface area contributed by atoms with Gasteiger partial charge < -0.3 is 14.8 Å². The van der Waals surface area contributed by atoms with Gasteiger partial charge in [-0.2, -0.15) is 29.7 Å². The molecule has 124 valence electrons. The van der Waals surface area contributed by atoms with Crippen molar-refractivity contribution < 1.29 is 24.3 Å². The van der Waals surface area contributed by atoms with Crippen LogP contribution >= 0.6 is 0 Å².